The molecule has 1 atom stereocenters. The fourth-order valence-electron chi connectivity index (χ4n) is 1.64. The van der Waals surface area contributed by atoms with E-state index in [4.69, 9.17) is 11.6 Å². The van der Waals surface area contributed by atoms with Crippen LogP contribution in [0.4, 0.5) is 5.69 Å². The smallest absolute Gasteiger partial charge is 0.249 e. The molecule has 0 saturated heterocycles. The normalized spacial score (nSPS) is 12.5. The van der Waals surface area contributed by atoms with E-state index in [1.165, 1.54) is 0 Å². The van der Waals surface area contributed by atoms with Gasteiger partial charge in [0.25, 0.3) is 0 Å². The Balaban J connectivity index is 2.14. The monoisotopic (exact) mass is 281 g/mol. The van der Waals surface area contributed by atoms with Crippen LogP contribution in [-0.4, -0.2) is 25.5 Å². The van der Waals surface area contributed by atoms with Gasteiger partial charge in [-0.05, 0) is 20.8 Å². The van der Waals surface area contributed by atoms with Gasteiger partial charge in [-0.1, -0.05) is 11.6 Å². The van der Waals surface area contributed by atoms with Crippen LogP contribution < -0.4 is 5.32 Å². The van der Waals surface area contributed by atoms with E-state index in [2.05, 4.69) is 15.5 Å². The van der Waals surface area contributed by atoms with E-state index in [1.54, 1.807) is 35.6 Å². The maximum Gasteiger partial charge on any atom is 0.249 e. The third kappa shape index (κ3) is 2.63. The van der Waals surface area contributed by atoms with Crippen molar-refractivity contribution in [3.63, 3.8) is 0 Å². The van der Waals surface area contributed by atoms with Crippen LogP contribution in [0.15, 0.2) is 12.4 Å². The fourth-order valence-corrected chi connectivity index (χ4v) is 1.77. The molecule has 2 aromatic heterocycles. The minimum atomic E-state index is -0.439. The first-order chi connectivity index (χ1) is 8.90. The van der Waals surface area contributed by atoms with E-state index in [0.717, 1.165) is 5.69 Å². The number of nitrogens with one attached hydrogen (secondary N) is 1. The SMILES string of the molecule is Cc1nn(C(C)C(=O)Nc2cnn(C)c2C)cc1Cl. The molecule has 1 amide bonds. The quantitative estimate of drug-likeness (QED) is 0.937. The van der Waals surface area contributed by atoms with Crippen molar-refractivity contribution in [2.24, 2.45) is 7.05 Å². The summed E-state index contributed by atoms with van der Waals surface area (Å²) in [6.07, 6.45) is 3.28. The highest BCUT2D eigenvalue weighted by Crippen LogP contribution is 2.18. The van der Waals surface area contributed by atoms with Crippen molar-refractivity contribution in [1.82, 2.24) is 19.6 Å². The third-order valence-corrected chi connectivity index (χ3v) is 3.50. The molecule has 0 saturated carbocycles. The van der Waals surface area contributed by atoms with Crippen molar-refractivity contribution in [2.45, 2.75) is 26.8 Å². The lowest BCUT2D eigenvalue weighted by Crippen LogP contribution is -2.24. The Bertz CT molecular complexity index is 596. The maximum atomic E-state index is 12.1. The van der Waals surface area contributed by atoms with Crippen LogP contribution >= 0.6 is 11.6 Å². The Hall–Kier alpha value is -1.82. The second-order valence-electron chi connectivity index (χ2n) is 4.47. The number of aryl methyl sites for hydroxylation is 2. The summed E-state index contributed by atoms with van der Waals surface area (Å²) in [6.45, 7) is 5.46. The van der Waals surface area contributed by atoms with Crippen molar-refractivity contribution in [1.29, 1.82) is 0 Å². The molecule has 1 unspecified atom stereocenters. The zero-order chi connectivity index (χ0) is 14.2. The van der Waals surface area contributed by atoms with Crippen LogP contribution in [0, 0.1) is 13.8 Å². The molecule has 0 aliphatic heterocycles. The van der Waals surface area contributed by atoms with Gasteiger partial charge in [-0.3, -0.25) is 14.2 Å². The summed E-state index contributed by atoms with van der Waals surface area (Å²) in [6, 6.07) is -0.439. The van der Waals surface area contributed by atoms with Crippen molar-refractivity contribution >= 4 is 23.2 Å². The van der Waals surface area contributed by atoms with E-state index < -0.39 is 6.04 Å². The van der Waals surface area contributed by atoms with Crippen molar-refractivity contribution in [3.8, 4) is 0 Å². The molecule has 6 nitrogen and oxygen atoms in total. The molecule has 0 bridgehead atoms. The second-order valence-corrected chi connectivity index (χ2v) is 4.88. The molecular formula is C12H16ClN5O. The van der Waals surface area contributed by atoms with Crippen LogP contribution in [0.2, 0.25) is 5.02 Å². The molecule has 2 rings (SSSR count). The number of carbonyl (C=O) groups excluding carboxylic acids is 1. The molecular weight excluding hydrogens is 266 g/mol. The third-order valence-electron chi connectivity index (χ3n) is 3.13. The molecule has 0 aromatic carbocycles. The minimum Gasteiger partial charge on any atom is -0.321 e. The van der Waals surface area contributed by atoms with Crippen LogP contribution in [0.3, 0.4) is 0 Å². The molecule has 19 heavy (non-hydrogen) atoms. The Morgan fingerprint density at radius 1 is 1.47 bits per heavy atom. The topological polar surface area (TPSA) is 64.7 Å². The number of halogens is 1. The van der Waals surface area contributed by atoms with Gasteiger partial charge in [0.05, 0.1) is 28.3 Å². The van der Waals surface area contributed by atoms with Gasteiger partial charge in [-0.25, -0.2) is 0 Å². The highest BCUT2D eigenvalue weighted by Gasteiger charge is 2.18. The summed E-state index contributed by atoms with van der Waals surface area (Å²) in [5.41, 5.74) is 2.31. The summed E-state index contributed by atoms with van der Waals surface area (Å²) in [7, 11) is 1.82. The zero-order valence-electron chi connectivity index (χ0n) is 11.3. The zero-order valence-corrected chi connectivity index (χ0v) is 12.1. The first-order valence-corrected chi connectivity index (χ1v) is 6.28. The first kappa shape index (κ1) is 13.6. The molecule has 1 N–H and O–H groups in total. The molecule has 7 heteroatoms. The number of amides is 1. The van der Waals surface area contributed by atoms with Crippen LogP contribution in [0.25, 0.3) is 0 Å². The Morgan fingerprint density at radius 3 is 2.63 bits per heavy atom. The van der Waals surface area contributed by atoms with E-state index >= 15 is 0 Å². The van der Waals surface area contributed by atoms with Gasteiger partial charge in [0, 0.05) is 13.2 Å². The van der Waals surface area contributed by atoms with E-state index in [0.29, 0.717) is 16.4 Å². The van der Waals surface area contributed by atoms with Gasteiger partial charge in [0.15, 0.2) is 0 Å². The van der Waals surface area contributed by atoms with Gasteiger partial charge < -0.3 is 5.32 Å². The molecule has 0 spiro atoms. The van der Waals surface area contributed by atoms with E-state index in [1.807, 2.05) is 14.0 Å². The molecule has 0 aliphatic rings. The Morgan fingerprint density at radius 2 is 2.16 bits per heavy atom. The highest BCUT2D eigenvalue weighted by molar-refractivity contribution is 6.31. The summed E-state index contributed by atoms with van der Waals surface area (Å²) >= 11 is 5.94. The highest BCUT2D eigenvalue weighted by atomic mass is 35.5. The molecule has 102 valence electrons. The van der Waals surface area contributed by atoms with Crippen molar-refractivity contribution in [2.75, 3.05) is 5.32 Å². The van der Waals surface area contributed by atoms with Gasteiger partial charge >= 0.3 is 0 Å². The van der Waals surface area contributed by atoms with Crippen LogP contribution in [-0.2, 0) is 11.8 Å². The van der Waals surface area contributed by atoms with Crippen LogP contribution in [0.5, 0.6) is 0 Å². The van der Waals surface area contributed by atoms with E-state index in [9.17, 15) is 4.79 Å². The van der Waals surface area contributed by atoms with Gasteiger partial charge in [-0.15, -0.1) is 0 Å². The molecule has 2 aromatic rings. The first-order valence-electron chi connectivity index (χ1n) is 5.91. The fraction of sp³-hybridized carbons (Fsp3) is 0.417. The van der Waals surface area contributed by atoms with Crippen molar-refractivity contribution in [3.05, 3.63) is 28.8 Å². The van der Waals surface area contributed by atoms with Gasteiger partial charge in [-0.2, -0.15) is 10.2 Å². The maximum absolute atomic E-state index is 12.1. The number of carbonyl (C=O) groups is 1. The van der Waals surface area contributed by atoms with Gasteiger partial charge in [0.2, 0.25) is 5.91 Å². The lowest BCUT2D eigenvalue weighted by Gasteiger charge is -2.12. The molecule has 2 heterocycles. The summed E-state index contributed by atoms with van der Waals surface area (Å²) in [5.74, 6) is -0.157. The predicted molar refractivity (Wildman–Crippen MR) is 73.3 cm³/mol. The van der Waals surface area contributed by atoms with Crippen LogP contribution in [0.1, 0.15) is 24.4 Å². The standard InChI is InChI=1S/C12H16ClN5O/c1-7-10(13)6-18(16-7)9(3)12(19)15-11-5-14-17(4)8(11)2/h5-6,9H,1-4H3,(H,15,19). The lowest BCUT2D eigenvalue weighted by atomic mass is 10.3. The molecule has 0 fully saturated rings. The summed E-state index contributed by atoms with van der Waals surface area (Å²) < 4.78 is 3.26. The second kappa shape index (κ2) is 5.05. The minimum absolute atomic E-state index is 0.157. The molecule has 0 aliphatic carbocycles. The van der Waals surface area contributed by atoms with Crippen molar-refractivity contribution < 1.29 is 4.79 Å². The van der Waals surface area contributed by atoms with E-state index in [-0.39, 0.29) is 5.91 Å². The average Bonchev–Trinajstić information content (AvgIpc) is 2.86. The number of aromatic nitrogens is 4. The lowest BCUT2D eigenvalue weighted by molar-refractivity contribution is -0.119. The Labute approximate surface area is 116 Å². The summed E-state index contributed by atoms with van der Waals surface area (Å²) in [4.78, 5) is 12.1. The largest absolute Gasteiger partial charge is 0.321 e. The average molecular weight is 282 g/mol. The number of hydrogen-bond acceptors (Lipinski definition) is 3. The molecule has 0 radical (unpaired) electrons. The number of anilines is 1. The number of nitrogens with zero attached hydrogens (tertiary/aromatic N) is 4. The summed E-state index contributed by atoms with van der Waals surface area (Å²) in [5, 5.41) is 11.7. The number of hydrogen-bond donors (Lipinski definition) is 1. The Kier molecular flexibility index (Phi) is 3.61. The van der Waals surface area contributed by atoms with Gasteiger partial charge in [0.1, 0.15) is 6.04 Å². The predicted octanol–water partition coefficient (Wildman–Crippen LogP) is 2.09. The number of rotatable bonds is 3.